The van der Waals surface area contributed by atoms with Crippen LogP contribution in [0.3, 0.4) is 0 Å². The summed E-state index contributed by atoms with van der Waals surface area (Å²) in [6.45, 7) is 5.59. The van der Waals surface area contributed by atoms with Crippen LogP contribution in [0.5, 0.6) is 5.75 Å². The van der Waals surface area contributed by atoms with Gasteiger partial charge in [-0.15, -0.1) is 0 Å². The highest BCUT2D eigenvalue weighted by molar-refractivity contribution is 5.78. The summed E-state index contributed by atoms with van der Waals surface area (Å²) in [7, 11) is 0. The van der Waals surface area contributed by atoms with Gasteiger partial charge in [-0.1, -0.05) is 17.7 Å². The summed E-state index contributed by atoms with van der Waals surface area (Å²) >= 11 is 0. The van der Waals surface area contributed by atoms with Crippen molar-refractivity contribution in [3.05, 3.63) is 29.8 Å². The molecule has 2 N–H and O–H groups in total. The number of aryl methyl sites for hydroxylation is 1. The third kappa shape index (κ3) is 4.56. The van der Waals surface area contributed by atoms with Gasteiger partial charge in [-0.05, 0) is 32.4 Å². The van der Waals surface area contributed by atoms with E-state index in [0.29, 0.717) is 13.0 Å². The van der Waals surface area contributed by atoms with Gasteiger partial charge in [-0.2, -0.15) is 0 Å². The second-order valence-corrected chi connectivity index (χ2v) is 5.24. The van der Waals surface area contributed by atoms with Crippen LogP contribution in [0.2, 0.25) is 0 Å². The van der Waals surface area contributed by atoms with E-state index in [0.717, 1.165) is 18.7 Å². The molecule has 4 heteroatoms. The third-order valence-electron chi connectivity index (χ3n) is 3.32. The lowest BCUT2D eigenvalue weighted by Crippen LogP contribution is -2.41. The van der Waals surface area contributed by atoms with Crippen molar-refractivity contribution in [3.63, 3.8) is 0 Å². The van der Waals surface area contributed by atoms with E-state index in [-0.39, 0.29) is 18.0 Å². The van der Waals surface area contributed by atoms with Crippen LogP contribution in [0.4, 0.5) is 0 Å². The maximum absolute atomic E-state index is 11.1. The van der Waals surface area contributed by atoms with Crippen LogP contribution in [0.1, 0.15) is 25.3 Å². The second kappa shape index (κ2) is 6.57. The zero-order chi connectivity index (χ0) is 13.7. The molecule has 1 heterocycles. The monoisotopic (exact) mass is 262 g/mol. The standard InChI is InChI=1S/C15H22N2O2/c1-11-3-6-14(7-4-11)19-10-12(2)16-9-13-5-8-15(18)17-13/h3-4,6-7,12-13,16H,5,8-10H2,1-2H3,(H,17,18). The number of benzene rings is 1. The van der Waals surface area contributed by atoms with Gasteiger partial charge in [0.05, 0.1) is 0 Å². The maximum atomic E-state index is 11.1. The lowest BCUT2D eigenvalue weighted by Gasteiger charge is -2.18. The second-order valence-electron chi connectivity index (χ2n) is 5.24. The van der Waals surface area contributed by atoms with Crippen molar-refractivity contribution in [1.29, 1.82) is 0 Å². The summed E-state index contributed by atoms with van der Waals surface area (Å²) in [5.74, 6) is 1.06. The van der Waals surface area contributed by atoms with E-state index in [2.05, 4.69) is 24.5 Å². The predicted molar refractivity (Wildman–Crippen MR) is 75.3 cm³/mol. The van der Waals surface area contributed by atoms with Crippen LogP contribution in [0.25, 0.3) is 0 Å². The number of nitrogens with one attached hydrogen (secondary N) is 2. The van der Waals surface area contributed by atoms with Crippen LogP contribution < -0.4 is 15.4 Å². The first kappa shape index (κ1) is 13.9. The van der Waals surface area contributed by atoms with Gasteiger partial charge in [0, 0.05) is 25.0 Å². The number of rotatable bonds is 6. The molecule has 0 aromatic heterocycles. The molecular formula is C15H22N2O2. The molecule has 19 heavy (non-hydrogen) atoms. The van der Waals surface area contributed by atoms with Crippen molar-refractivity contribution in [2.45, 2.75) is 38.8 Å². The number of carbonyl (C=O) groups is 1. The molecule has 2 atom stereocenters. The average molecular weight is 262 g/mol. The minimum atomic E-state index is 0.162. The Morgan fingerprint density at radius 2 is 2.16 bits per heavy atom. The van der Waals surface area contributed by atoms with E-state index in [4.69, 9.17) is 4.74 Å². The Morgan fingerprint density at radius 1 is 1.42 bits per heavy atom. The van der Waals surface area contributed by atoms with E-state index in [1.807, 2.05) is 24.3 Å². The summed E-state index contributed by atoms with van der Waals surface area (Å²) in [5, 5.41) is 6.33. The van der Waals surface area contributed by atoms with Gasteiger partial charge in [0.25, 0.3) is 0 Å². The zero-order valence-corrected chi connectivity index (χ0v) is 11.6. The Morgan fingerprint density at radius 3 is 2.79 bits per heavy atom. The van der Waals surface area contributed by atoms with Gasteiger partial charge in [-0.25, -0.2) is 0 Å². The normalized spacial score (nSPS) is 20.1. The smallest absolute Gasteiger partial charge is 0.220 e. The van der Waals surface area contributed by atoms with E-state index < -0.39 is 0 Å². The highest BCUT2D eigenvalue weighted by Gasteiger charge is 2.20. The number of hydrogen-bond donors (Lipinski definition) is 2. The van der Waals surface area contributed by atoms with Crippen LogP contribution in [0.15, 0.2) is 24.3 Å². The van der Waals surface area contributed by atoms with Gasteiger partial charge < -0.3 is 15.4 Å². The SMILES string of the molecule is Cc1ccc(OCC(C)NCC2CCC(=O)N2)cc1. The van der Waals surface area contributed by atoms with Gasteiger partial charge in [0.1, 0.15) is 12.4 Å². The average Bonchev–Trinajstić information content (AvgIpc) is 2.81. The summed E-state index contributed by atoms with van der Waals surface area (Å²) in [4.78, 5) is 11.1. The fourth-order valence-corrected chi connectivity index (χ4v) is 2.09. The summed E-state index contributed by atoms with van der Waals surface area (Å²) < 4.78 is 5.71. The molecule has 1 amide bonds. The summed E-state index contributed by atoms with van der Waals surface area (Å²) in [6, 6.07) is 8.59. The Hall–Kier alpha value is -1.55. The molecule has 104 valence electrons. The van der Waals surface area contributed by atoms with E-state index >= 15 is 0 Å². The molecule has 1 aromatic carbocycles. The molecule has 2 unspecified atom stereocenters. The van der Waals surface area contributed by atoms with Crippen LogP contribution in [-0.4, -0.2) is 31.1 Å². The zero-order valence-electron chi connectivity index (χ0n) is 11.6. The van der Waals surface area contributed by atoms with Gasteiger partial charge >= 0.3 is 0 Å². The van der Waals surface area contributed by atoms with Crippen molar-refractivity contribution in [2.24, 2.45) is 0 Å². The minimum absolute atomic E-state index is 0.162. The van der Waals surface area contributed by atoms with Gasteiger partial charge in [0.15, 0.2) is 0 Å². The number of carbonyl (C=O) groups excluding carboxylic acids is 1. The van der Waals surface area contributed by atoms with Crippen molar-refractivity contribution in [2.75, 3.05) is 13.2 Å². The van der Waals surface area contributed by atoms with Crippen molar-refractivity contribution in [3.8, 4) is 5.75 Å². The lowest BCUT2D eigenvalue weighted by atomic mass is 10.2. The molecule has 0 radical (unpaired) electrons. The molecule has 1 fully saturated rings. The van der Waals surface area contributed by atoms with Gasteiger partial charge in [-0.3, -0.25) is 4.79 Å². The fraction of sp³-hybridized carbons (Fsp3) is 0.533. The van der Waals surface area contributed by atoms with Crippen molar-refractivity contribution in [1.82, 2.24) is 10.6 Å². The van der Waals surface area contributed by atoms with E-state index in [9.17, 15) is 4.79 Å². The first-order valence-corrected chi connectivity index (χ1v) is 6.85. The number of hydrogen-bond acceptors (Lipinski definition) is 3. The highest BCUT2D eigenvalue weighted by Crippen LogP contribution is 2.11. The third-order valence-corrected chi connectivity index (χ3v) is 3.32. The Labute approximate surface area is 114 Å². The largest absolute Gasteiger partial charge is 0.492 e. The Bertz CT molecular complexity index is 417. The predicted octanol–water partition coefficient (Wildman–Crippen LogP) is 1.63. The topological polar surface area (TPSA) is 50.4 Å². The molecule has 0 aliphatic carbocycles. The highest BCUT2D eigenvalue weighted by atomic mass is 16.5. The Balaban J connectivity index is 1.65. The molecule has 1 aromatic rings. The molecule has 1 aliphatic heterocycles. The maximum Gasteiger partial charge on any atom is 0.220 e. The van der Waals surface area contributed by atoms with Crippen LogP contribution in [0, 0.1) is 6.92 Å². The first-order chi connectivity index (χ1) is 9.13. The molecule has 4 nitrogen and oxygen atoms in total. The number of amides is 1. The van der Waals surface area contributed by atoms with Crippen molar-refractivity contribution >= 4 is 5.91 Å². The van der Waals surface area contributed by atoms with Crippen LogP contribution >= 0.6 is 0 Å². The van der Waals surface area contributed by atoms with E-state index in [1.165, 1.54) is 5.56 Å². The summed E-state index contributed by atoms with van der Waals surface area (Å²) in [5.41, 5.74) is 1.23. The molecular weight excluding hydrogens is 240 g/mol. The minimum Gasteiger partial charge on any atom is -0.492 e. The molecule has 1 saturated heterocycles. The Kier molecular flexibility index (Phi) is 4.80. The molecule has 0 spiro atoms. The molecule has 2 rings (SSSR count). The first-order valence-electron chi connectivity index (χ1n) is 6.85. The molecule has 1 aliphatic rings. The lowest BCUT2D eigenvalue weighted by molar-refractivity contribution is -0.119. The molecule has 0 bridgehead atoms. The van der Waals surface area contributed by atoms with Crippen LogP contribution in [-0.2, 0) is 4.79 Å². The molecule has 0 saturated carbocycles. The van der Waals surface area contributed by atoms with E-state index in [1.54, 1.807) is 0 Å². The summed E-state index contributed by atoms with van der Waals surface area (Å²) in [6.07, 6.45) is 1.58. The number of ether oxygens (including phenoxy) is 1. The quantitative estimate of drug-likeness (QED) is 0.819. The van der Waals surface area contributed by atoms with Crippen molar-refractivity contribution < 1.29 is 9.53 Å². The van der Waals surface area contributed by atoms with Gasteiger partial charge in [0.2, 0.25) is 5.91 Å². The fourth-order valence-electron chi connectivity index (χ4n) is 2.09.